The number of phenols is 3. The molecule has 5 N–H and O–H groups in total. The molecule has 0 aliphatic rings. The first-order valence-corrected chi connectivity index (χ1v) is 16.4. The van der Waals surface area contributed by atoms with Gasteiger partial charge in [-0.2, -0.15) is 0 Å². The minimum absolute atomic E-state index is 0.0357. The smallest absolute Gasteiger partial charge is 0.311 e. The molecule has 0 saturated carbocycles. The van der Waals surface area contributed by atoms with Crippen molar-refractivity contribution in [3.63, 3.8) is 0 Å². The van der Waals surface area contributed by atoms with Crippen LogP contribution in [0.5, 0.6) is 17.2 Å². The number of amides is 2. The normalized spacial score (nSPS) is 11.8. The zero-order valence-electron chi connectivity index (χ0n) is 27.8. The molecule has 0 unspecified atom stereocenters. The number of nitrogens with zero attached hydrogens (tertiary/aromatic N) is 3. The van der Waals surface area contributed by atoms with Crippen molar-refractivity contribution in [1.29, 1.82) is 0 Å². The second-order valence-electron chi connectivity index (χ2n) is 12.1. The van der Waals surface area contributed by atoms with Gasteiger partial charge in [0.25, 0.3) is 5.91 Å². The molecule has 5 aromatic carbocycles. The Hall–Kier alpha value is -6.95. The molecule has 0 bridgehead atoms. The molecule has 0 aliphatic heterocycles. The first-order valence-electron chi connectivity index (χ1n) is 16.4. The van der Waals surface area contributed by atoms with Crippen LogP contribution < -0.4 is 5.32 Å². The molecule has 0 radical (unpaired) electrons. The van der Waals surface area contributed by atoms with Gasteiger partial charge in [0.15, 0.2) is 17.2 Å². The van der Waals surface area contributed by atoms with Crippen LogP contribution in [0.1, 0.15) is 38.3 Å². The van der Waals surface area contributed by atoms with Gasteiger partial charge < -0.3 is 30.5 Å². The van der Waals surface area contributed by atoms with Gasteiger partial charge in [-0.15, -0.1) is 0 Å². The molecule has 0 saturated heterocycles. The Balaban J connectivity index is 1.60. The second-order valence-corrected chi connectivity index (χ2v) is 12.1. The summed E-state index contributed by atoms with van der Waals surface area (Å²) >= 11 is 0. The molecule has 0 fully saturated rings. The fourth-order valence-corrected chi connectivity index (χ4v) is 6.50. The molecular weight excluding hydrogens is 662 g/mol. The van der Waals surface area contributed by atoms with Crippen molar-refractivity contribution in [1.82, 2.24) is 20.2 Å². The highest BCUT2D eigenvalue weighted by Crippen LogP contribution is 2.45. The largest absolute Gasteiger partial charge is 0.504 e. The molecular formula is C40H35N5O7. The standard InChI is InChI=1S/C40H35N5O7/c46-35-19-17-28(23-33(35)45(51)52)39(50)44(34(24-32-25-41-26-43-32)38(49)42-21-20-27-16-18-36(47)37(48)22-27)40(29-10-4-1-5-11-29,30-12-6-2-7-13-30)31-14-8-3-9-15-31/h1-19,22-23,25-26,34,46-48H,20-21,24H2,(H,41,43)(H,42,49)/t34-/m0/s1. The lowest BCUT2D eigenvalue weighted by molar-refractivity contribution is -0.385. The predicted octanol–water partition coefficient (Wildman–Crippen LogP) is 5.84. The fraction of sp³-hybridized carbons (Fsp3) is 0.125. The third kappa shape index (κ3) is 7.03. The number of imidazole rings is 1. The lowest BCUT2D eigenvalue weighted by atomic mass is 9.74. The minimum atomic E-state index is -1.50. The van der Waals surface area contributed by atoms with Crippen LogP contribution in [0, 0.1) is 10.1 Å². The SMILES string of the molecule is O=C(NCCc1ccc(O)c(O)c1)[C@H](Cc1cnc[nH]1)N(C(=O)c1ccc(O)c([N+](=O)[O-])c1)C(c1ccccc1)(c1ccccc1)c1ccccc1. The van der Waals surface area contributed by atoms with Gasteiger partial charge in [-0.05, 0) is 52.9 Å². The monoisotopic (exact) mass is 697 g/mol. The van der Waals surface area contributed by atoms with Crippen molar-refractivity contribution < 1.29 is 29.8 Å². The van der Waals surface area contributed by atoms with Gasteiger partial charge in [0.2, 0.25) is 5.91 Å². The summed E-state index contributed by atoms with van der Waals surface area (Å²) in [6.07, 6.45) is 3.28. The van der Waals surface area contributed by atoms with E-state index < -0.39 is 39.8 Å². The summed E-state index contributed by atoms with van der Waals surface area (Å²) < 4.78 is 0. The van der Waals surface area contributed by atoms with Crippen molar-refractivity contribution in [2.75, 3.05) is 6.54 Å². The molecule has 1 atom stereocenters. The average Bonchev–Trinajstić information content (AvgIpc) is 3.69. The summed E-state index contributed by atoms with van der Waals surface area (Å²) in [6.45, 7) is 0.101. The molecule has 6 aromatic rings. The number of carbonyl (C=O) groups is 2. The summed E-state index contributed by atoms with van der Waals surface area (Å²) in [6, 6.07) is 34.2. The maximum Gasteiger partial charge on any atom is 0.311 e. The predicted molar refractivity (Wildman–Crippen MR) is 193 cm³/mol. The Kier molecular flexibility index (Phi) is 10.3. The van der Waals surface area contributed by atoms with Crippen LogP contribution in [0.2, 0.25) is 0 Å². The molecule has 1 aromatic heterocycles. The lowest BCUT2D eigenvalue weighted by Gasteiger charge is -2.48. The lowest BCUT2D eigenvalue weighted by Crippen LogP contribution is -2.61. The van der Waals surface area contributed by atoms with Gasteiger partial charge in [-0.1, -0.05) is 97.1 Å². The third-order valence-corrected chi connectivity index (χ3v) is 8.91. The molecule has 12 heteroatoms. The Morgan fingerprint density at radius 3 is 1.88 bits per heavy atom. The van der Waals surface area contributed by atoms with Crippen molar-refractivity contribution in [2.45, 2.75) is 24.4 Å². The molecule has 52 heavy (non-hydrogen) atoms. The molecule has 2 amide bonds. The quantitative estimate of drug-likeness (QED) is 0.0432. The number of benzene rings is 5. The van der Waals surface area contributed by atoms with E-state index in [9.17, 15) is 30.2 Å². The number of aromatic nitrogens is 2. The second kappa shape index (κ2) is 15.3. The summed E-state index contributed by atoms with van der Waals surface area (Å²) in [5, 5.41) is 45.1. The number of nitrogens with one attached hydrogen (secondary N) is 2. The number of hydrogen-bond donors (Lipinski definition) is 5. The number of nitro groups is 1. The maximum atomic E-state index is 15.4. The van der Waals surface area contributed by atoms with Crippen LogP contribution in [-0.4, -0.2) is 59.5 Å². The Morgan fingerprint density at radius 1 is 0.788 bits per heavy atom. The van der Waals surface area contributed by atoms with Crippen LogP contribution in [0.4, 0.5) is 5.69 Å². The van der Waals surface area contributed by atoms with Crippen LogP contribution in [0.3, 0.4) is 0 Å². The fourth-order valence-electron chi connectivity index (χ4n) is 6.50. The number of H-pyrrole nitrogens is 1. The van der Waals surface area contributed by atoms with Gasteiger partial charge in [0.1, 0.15) is 11.6 Å². The molecule has 262 valence electrons. The van der Waals surface area contributed by atoms with E-state index in [2.05, 4.69) is 15.3 Å². The first-order chi connectivity index (χ1) is 25.2. The molecule has 0 aliphatic carbocycles. The van der Waals surface area contributed by atoms with Crippen LogP contribution in [0.25, 0.3) is 0 Å². The molecule has 1 heterocycles. The van der Waals surface area contributed by atoms with E-state index in [1.165, 1.54) is 29.4 Å². The van der Waals surface area contributed by atoms with E-state index in [-0.39, 0.29) is 36.4 Å². The van der Waals surface area contributed by atoms with Gasteiger partial charge in [0.05, 0.1) is 11.3 Å². The van der Waals surface area contributed by atoms with Crippen LogP contribution in [0.15, 0.2) is 140 Å². The number of hydrogen-bond acceptors (Lipinski definition) is 8. The molecule has 0 spiro atoms. The highest BCUT2D eigenvalue weighted by atomic mass is 16.6. The zero-order valence-corrected chi connectivity index (χ0v) is 27.8. The van der Waals surface area contributed by atoms with Gasteiger partial charge in [-0.3, -0.25) is 19.7 Å². The van der Waals surface area contributed by atoms with E-state index in [4.69, 9.17) is 0 Å². The summed E-state index contributed by atoms with van der Waals surface area (Å²) in [5.41, 5.74) is 0.806. The zero-order chi connectivity index (χ0) is 36.7. The van der Waals surface area contributed by atoms with E-state index in [1.807, 2.05) is 91.0 Å². The van der Waals surface area contributed by atoms with Gasteiger partial charge in [0, 0.05) is 36.5 Å². The van der Waals surface area contributed by atoms with E-state index >= 15 is 4.79 Å². The van der Waals surface area contributed by atoms with Gasteiger partial charge >= 0.3 is 5.69 Å². The van der Waals surface area contributed by atoms with E-state index in [0.29, 0.717) is 27.9 Å². The van der Waals surface area contributed by atoms with Crippen molar-refractivity contribution in [2.24, 2.45) is 0 Å². The van der Waals surface area contributed by atoms with Crippen molar-refractivity contribution in [3.05, 3.63) is 184 Å². The van der Waals surface area contributed by atoms with Crippen LogP contribution >= 0.6 is 0 Å². The number of aromatic hydroxyl groups is 3. The molecule has 12 nitrogen and oxygen atoms in total. The number of rotatable bonds is 13. The van der Waals surface area contributed by atoms with Crippen molar-refractivity contribution in [3.8, 4) is 17.2 Å². The van der Waals surface area contributed by atoms with Crippen molar-refractivity contribution >= 4 is 17.5 Å². The topological polar surface area (TPSA) is 182 Å². The highest BCUT2D eigenvalue weighted by Gasteiger charge is 2.50. The number of carbonyl (C=O) groups excluding carboxylic acids is 2. The number of phenolic OH excluding ortho intramolecular Hbond substituents is 3. The summed E-state index contributed by atoms with van der Waals surface area (Å²) in [4.78, 5) is 50.0. The van der Waals surface area contributed by atoms with Gasteiger partial charge in [-0.25, -0.2) is 4.98 Å². The first kappa shape index (κ1) is 34.9. The summed E-state index contributed by atoms with van der Waals surface area (Å²) in [5.74, 6) is -2.43. The average molecular weight is 698 g/mol. The van der Waals surface area contributed by atoms with E-state index in [1.54, 1.807) is 12.3 Å². The number of nitro benzene ring substituents is 1. The Morgan fingerprint density at radius 2 is 1.37 bits per heavy atom. The Labute approximate surface area is 298 Å². The molecule has 6 rings (SSSR count). The van der Waals surface area contributed by atoms with Crippen LogP contribution in [-0.2, 0) is 23.2 Å². The van der Waals surface area contributed by atoms with E-state index in [0.717, 1.165) is 12.1 Å². The maximum absolute atomic E-state index is 15.4. The summed E-state index contributed by atoms with van der Waals surface area (Å²) in [7, 11) is 0. The third-order valence-electron chi connectivity index (χ3n) is 8.91. The highest BCUT2D eigenvalue weighted by molar-refractivity contribution is 6.00. The minimum Gasteiger partial charge on any atom is -0.504 e. The number of aromatic amines is 1. The Bertz CT molecular complexity index is 2070.